The molecule has 0 heterocycles. The van der Waals surface area contributed by atoms with Crippen LogP contribution in [0, 0.1) is 6.92 Å². The van der Waals surface area contributed by atoms with Gasteiger partial charge in [0.15, 0.2) is 0 Å². The first-order valence-corrected chi connectivity index (χ1v) is 5.40. The van der Waals surface area contributed by atoms with Crippen LogP contribution in [0.4, 0.5) is 11.4 Å². The Labute approximate surface area is 91.3 Å². The van der Waals surface area contributed by atoms with E-state index < -0.39 is 0 Å². The smallest absolute Gasteiger partial charge is 0.0450 e. The van der Waals surface area contributed by atoms with E-state index in [1.807, 2.05) is 19.1 Å². The zero-order valence-corrected chi connectivity index (χ0v) is 9.46. The summed E-state index contributed by atoms with van der Waals surface area (Å²) in [5.74, 6) is 0. The summed E-state index contributed by atoms with van der Waals surface area (Å²) >= 11 is 0. The lowest BCUT2D eigenvalue weighted by Gasteiger charge is -2.17. The molecule has 0 aliphatic rings. The van der Waals surface area contributed by atoms with Crippen molar-refractivity contribution < 1.29 is 5.11 Å². The first-order valence-electron chi connectivity index (χ1n) is 5.40. The van der Waals surface area contributed by atoms with Crippen molar-refractivity contribution in [2.45, 2.75) is 32.7 Å². The summed E-state index contributed by atoms with van der Waals surface area (Å²) in [5, 5.41) is 12.3. The molecule has 0 aromatic heterocycles. The molecule has 4 N–H and O–H groups in total. The highest BCUT2D eigenvalue weighted by Gasteiger charge is 2.05. The average Bonchev–Trinajstić information content (AvgIpc) is 2.15. The second-order valence-corrected chi connectivity index (χ2v) is 3.89. The largest absolute Gasteiger partial charge is 0.399 e. The summed E-state index contributed by atoms with van der Waals surface area (Å²) in [4.78, 5) is 0. The Morgan fingerprint density at radius 1 is 1.40 bits per heavy atom. The molecule has 0 spiro atoms. The van der Waals surface area contributed by atoms with Crippen molar-refractivity contribution in [1.82, 2.24) is 0 Å². The second kappa shape index (κ2) is 5.61. The van der Waals surface area contributed by atoms with Crippen LogP contribution in [0.3, 0.4) is 0 Å². The second-order valence-electron chi connectivity index (χ2n) is 3.89. The number of nitrogen functional groups attached to an aromatic ring is 1. The number of anilines is 2. The van der Waals surface area contributed by atoms with Crippen LogP contribution in [0.2, 0.25) is 0 Å². The molecule has 0 saturated carbocycles. The van der Waals surface area contributed by atoms with Gasteiger partial charge in [-0.15, -0.1) is 0 Å². The topological polar surface area (TPSA) is 58.3 Å². The van der Waals surface area contributed by atoms with Crippen molar-refractivity contribution in [1.29, 1.82) is 0 Å². The Hall–Kier alpha value is -1.22. The fourth-order valence-electron chi connectivity index (χ4n) is 1.67. The van der Waals surface area contributed by atoms with Crippen molar-refractivity contribution in [2.75, 3.05) is 17.7 Å². The first-order chi connectivity index (χ1) is 7.15. The van der Waals surface area contributed by atoms with E-state index in [9.17, 15) is 0 Å². The van der Waals surface area contributed by atoms with Crippen molar-refractivity contribution in [3.8, 4) is 0 Å². The molecule has 1 aromatic carbocycles. The molecular weight excluding hydrogens is 188 g/mol. The molecular formula is C12H20N2O. The van der Waals surface area contributed by atoms with Crippen LogP contribution in [0.25, 0.3) is 0 Å². The zero-order chi connectivity index (χ0) is 11.3. The molecule has 0 amide bonds. The molecule has 1 unspecified atom stereocenters. The third kappa shape index (κ3) is 3.80. The molecule has 0 saturated heterocycles. The predicted molar refractivity (Wildman–Crippen MR) is 65.0 cm³/mol. The van der Waals surface area contributed by atoms with E-state index in [0.29, 0.717) is 6.04 Å². The fourth-order valence-corrected chi connectivity index (χ4v) is 1.67. The van der Waals surface area contributed by atoms with Crippen molar-refractivity contribution in [2.24, 2.45) is 0 Å². The van der Waals surface area contributed by atoms with Crippen molar-refractivity contribution >= 4 is 11.4 Å². The maximum absolute atomic E-state index is 8.89. The van der Waals surface area contributed by atoms with Crippen molar-refractivity contribution in [3.63, 3.8) is 0 Å². The van der Waals surface area contributed by atoms with Gasteiger partial charge in [-0.05, 0) is 43.5 Å². The molecule has 1 rings (SSSR count). The minimum absolute atomic E-state index is 0.215. The summed E-state index contributed by atoms with van der Waals surface area (Å²) in [5.41, 5.74) is 8.72. The summed E-state index contributed by atoms with van der Waals surface area (Å²) in [6.45, 7) is 4.34. The average molecular weight is 208 g/mol. The molecule has 15 heavy (non-hydrogen) atoms. The normalized spacial score (nSPS) is 12.5. The number of benzene rings is 1. The van der Waals surface area contributed by atoms with Gasteiger partial charge in [0.1, 0.15) is 0 Å². The van der Waals surface area contributed by atoms with Crippen LogP contribution in [0.5, 0.6) is 0 Å². The van der Waals surface area contributed by atoms with E-state index in [1.165, 1.54) is 0 Å². The van der Waals surface area contributed by atoms with Gasteiger partial charge < -0.3 is 16.2 Å². The van der Waals surface area contributed by atoms with E-state index in [4.69, 9.17) is 10.8 Å². The molecule has 1 aromatic rings. The number of hydrogen-bond acceptors (Lipinski definition) is 3. The maximum Gasteiger partial charge on any atom is 0.0450 e. The first kappa shape index (κ1) is 11.9. The monoisotopic (exact) mass is 208 g/mol. The lowest BCUT2D eigenvalue weighted by atomic mass is 10.1. The van der Waals surface area contributed by atoms with Gasteiger partial charge >= 0.3 is 0 Å². The van der Waals surface area contributed by atoms with Crippen LogP contribution >= 0.6 is 0 Å². The van der Waals surface area contributed by atoms with Gasteiger partial charge in [0.05, 0.1) is 0 Å². The molecule has 0 aliphatic carbocycles. The van der Waals surface area contributed by atoms with Crippen LogP contribution in [-0.2, 0) is 0 Å². The highest BCUT2D eigenvalue weighted by Crippen LogP contribution is 2.18. The lowest BCUT2D eigenvalue weighted by Crippen LogP contribution is -2.19. The van der Waals surface area contributed by atoms with Gasteiger partial charge in [-0.3, -0.25) is 0 Å². The van der Waals surface area contributed by atoms with Crippen LogP contribution in [-0.4, -0.2) is 17.8 Å². The highest BCUT2D eigenvalue weighted by atomic mass is 16.3. The summed E-state index contributed by atoms with van der Waals surface area (Å²) in [6, 6.07) is 6.25. The summed E-state index contributed by atoms with van der Waals surface area (Å²) < 4.78 is 0. The summed E-state index contributed by atoms with van der Waals surface area (Å²) in [6.07, 6.45) is 1.76. The molecule has 3 nitrogen and oxygen atoms in total. The quantitative estimate of drug-likeness (QED) is 0.650. The fraction of sp³-hybridized carbons (Fsp3) is 0.500. The van der Waals surface area contributed by atoms with Gasteiger partial charge in [0.25, 0.3) is 0 Å². The molecule has 0 radical (unpaired) electrons. The lowest BCUT2D eigenvalue weighted by molar-refractivity contribution is 0.278. The Kier molecular flexibility index (Phi) is 4.43. The molecule has 3 heteroatoms. The number of hydrogen-bond donors (Lipinski definition) is 3. The minimum Gasteiger partial charge on any atom is -0.399 e. The van der Waals surface area contributed by atoms with E-state index in [1.54, 1.807) is 0 Å². The number of aryl methyl sites for hydroxylation is 1. The molecule has 0 bridgehead atoms. The third-order valence-electron chi connectivity index (χ3n) is 2.44. The standard InChI is InChI=1S/C12H20N2O/c1-3-11(4-5-15)14-12-7-9(2)6-10(13)8-12/h6-8,11,14-15H,3-5,13H2,1-2H3. The molecule has 0 fully saturated rings. The predicted octanol–water partition coefficient (Wildman–Crippen LogP) is 2.15. The molecule has 1 atom stereocenters. The summed E-state index contributed by atoms with van der Waals surface area (Å²) in [7, 11) is 0. The van der Waals surface area contributed by atoms with Crippen molar-refractivity contribution in [3.05, 3.63) is 23.8 Å². The zero-order valence-electron chi connectivity index (χ0n) is 9.46. The number of aliphatic hydroxyl groups is 1. The van der Waals surface area contributed by atoms with Gasteiger partial charge in [-0.1, -0.05) is 6.92 Å². The molecule has 84 valence electrons. The Morgan fingerprint density at radius 3 is 2.67 bits per heavy atom. The van der Waals surface area contributed by atoms with E-state index >= 15 is 0 Å². The maximum atomic E-state index is 8.89. The number of nitrogens with two attached hydrogens (primary N) is 1. The number of rotatable bonds is 5. The Bertz CT molecular complexity index is 292. The van der Waals surface area contributed by atoms with Gasteiger partial charge in [0, 0.05) is 24.0 Å². The Balaban J connectivity index is 2.69. The van der Waals surface area contributed by atoms with E-state index in [2.05, 4.69) is 18.3 Å². The Morgan fingerprint density at radius 2 is 2.13 bits per heavy atom. The SMILES string of the molecule is CCC(CCO)Nc1cc(C)cc(N)c1. The van der Waals surface area contributed by atoms with Crippen LogP contribution in [0.15, 0.2) is 18.2 Å². The minimum atomic E-state index is 0.215. The van der Waals surface area contributed by atoms with Crippen LogP contribution < -0.4 is 11.1 Å². The number of nitrogens with one attached hydrogen (secondary N) is 1. The van der Waals surface area contributed by atoms with Gasteiger partial charge in [-0.25, -0.2) is 0 Å². The molecule has 0 aliphatic heterocycles. The van der Waals surface area contributed by atoms with E-state index in [0.717, 1.165) is 29.8 Å². The van der Waals surface area contributed by atoms with Crippen LogP contribution in [0.1, 0.15) is 25.3 Å². The highest BCUT2D eigenvalue weighted by molar-refractivity contribution is 5.57. The van der Waals surface area contributed by atoms with Gasteiger partial charge in [0.2, 0.25) is 0 Å². The van der Waals surface area contributed by atoms with E-state index in [-0.39, 0.29) is 6.61 Å². The number of aliphatic hydroxyl groups excluding tert-OH is 1. The van der Waals surface area contributed by atoms with Gasteiger partial charge in [-0.2, -0.15) is 0 Å². The third-order valence-corrected chi connectivity index (χ3v) is 2.44.